The summed E-state index contributed by atoms with van der Waals surface area (Å²) in [5.74, 6) is 1.72. The van der Waals surface area contributed by atoms with Crippen molar-refractivity contribution in [2.75, 3.05) is 19.1 Å². The lowest BCUT2D eigenvalue weighted by Gasteiger charge is -2.22. The molecule has 2 heterocycles. The number of ether oxygens (including phenoxy) is 2. The Hall–Kier alpha value is -1.91. The van der Waals surface area contributed by atoms with Gasteiger partial charge in [-0.1, -0.05) is 6.92 Å². The average Bonchev–Trinajstić information content (AvgIpc) is 2.93. The van der Waals surface area contributed by atoms with E-state index in [2.05, 4.69) is 13.8 Å². The van der Waals surface area contributed by atoms with Gasteiger partial charge in [0, 0.05) is 24.3 Å². The standard InChI is InChI=1S/C14H18N2O3/c1-8-3-9(2)16(6-8)14(17)10-4-12-13(5-11(10)15)19-7-18-12/h4-5,8-9H,3,6-7,15H2,1-2H3. The van der Waals surface area contributed by atoms with Crippen molar-refractivity contribution in [2.45, 2.75) is 26.3 Å². The lowest BCUT2D eigenvalue weighted by molar-refractivity contribution is 0.0744. The number of benzene rings is 1. The van der Waals surface area contributed by atoms with E-state index < -0.39 is 0 Å². The third-order valence-electron chi connectivity index (χ3n) is 3.82. The van der Waals surface area contributed by atoms with Crippen molar-refractivity contribution in [3.8, 4) is 11.5 Å². The highest BCUT2D eigenvalue weighted by Crippen LogP contribution is 2.37. The lowest BCUT2D eigenvalue weighted by Crippen LogP contribution is -2.34. The number of anilines is 1. The van der Waals surface area contributed by atoms with Gasteiger partial charge in [-0.25, -0.2) is 0 Å². The molecular formula is C14H18N2O3. The minimum atomic E-state index is -0.0207. The van der Waals surface area contributed by atoms with Gasteiger partial charge >= 0.3 is 0 Å². The molecule has 0 bridgehead atoms. The van der Waals surface area contributed by atoms with Gasteiger partial charge in [0.15, 0.2) is 11.5 Å². The van der Waals surface area contributed by atoms with E-state index in [1.807, 2.05) is 4.90 Å². The molecule has 2 aliphatic heterocycles. The maximum Gasteiger partial charge on any atom is 0.256 e. The second-order valence-corrected chi connectivity index (χ2v) is 5.44. The van der Waals surface area contributed by atoms with Gasteiger partial charge in [-0.05, 0) is 25.3 Å². The average molecular weight is 262 g/mol. The zero-order valence-electron chi connectivity index (χ0n) is 11.2. The molecule has 1 aromatic carbocycles. The largest absolute Gasteiger partial charge is 0.454 e. The molecule has 1 saturated heterocycles. The summed E-state index contributed by atoms with van der Waals surface area (Å²) in [4.78, 5) is 14.5. The van der Waals surface area contributed by atoms with Crippen LogP contribution in [-0.2, 0) is 0 Å². The fraction of sp³-hybridized carbons (Fsp3) is 0.500. The number of likely N-dealkylation sites (tertiary alicyclic amines) is 1. The van der Waals surface area contributed by atoms with Crippen molar-refractivity contribution < 1.29 is 14.3 Å². The number of hydrogen-bond acceptors (Lipinski definition) is 4. The van der Waals surface area contributed by atoms with Crippen LogP contribution in [0.25, 0.3) is 0 Å². The number of hydrogen-bond donors (Lipinski definition) is 1. The zero-order valence-corrected chi connectivity index (χ0v) is 11.2. The summed E-state index contributed by atoms with van der Waals surface area (Å²) in [5.41, 5.74) is 6.91. The van der Waals surface area contributed by atoms with Gasteiger partial charge in [0.05, 0.1) is 5.56 Å². The topological polar surface area (TPSA) is 64.8 Å². The van der Waals surface area contributed by atoms with Crippen LogP contribution in [0, 0.1) is 5.92 Å². The van der Waals surface area contributed by atoms with E-state index >= 15 is 0 Å². The minimum Gasteiger partial charge on any atom is -0.454 e. The number of amides is 1. The number of nitrogens with zero attached hydrogens (tertiary/aromatic N) is 1. The van der Waals surface area contributed by atoms with E-state index in [1.165, 1.54) is 0 Å². The molecule has 0 saturated carbocycles. The summed E-state index contributed by atoms with van der Waals surface area (Å²) < 4.78 is 10.6. The Balaban J connectivity index is 1.92. The molecule has 0 aliphatic carbocycles. The molecule has 1 fully saturated rings. The molecule has 0 aromatic heterocycles. The van der Waals surface area contributed by atoms with E-state index in [0.717, 1.165) is 13.0 Å². The first-order chi connectivity index (χ1) is 9.06. The predicted octanol–water partition coefficient (Wildman–Crippen LogP) is 1.87. The Morgan fingerprint density at radius 2 is 2.00 bits per heavy atom. The number of carbonyl (C=O) groups is 1. The fourth-order valence-corrected chi connectivity index (χ4v) is 2.88. The molecule has 0 radical (unpaired) electrons. The van der Waals surface area contributed by atoms with Crippen LogP contribution in [0.3, 0.4) is 0 Å². The summed E-state index contributed by atoms with van der Waals surface area (Å²) in [6.45, 7) is 5.20. The normalized spacial score (nSPS) is 24.8. The second kappa shape index (κ2) is 4.33. The first-order valence-corrected chi connectivity index (χ1v) is 6.56. The smallest absolute Gasteiger partial charge is 0.256 e. The van der Waals surface area contributed by atoms with Crippen LogP contribution in [0.2, 0.25) is 0 Å². The van der Waals surface area contributed by atoms with Gasteiger partial charge in [-0.3, -0.25) is 4.79 Å². The summed E-state index contributed by atoms with van der Waals surface area (Å²) in [6, 6.07) is 3.61. The summed E-state index contributed by atoms with van der Waals surface area (Å²) in [7, 11) is 0. The Morgan fingerprint density at radius 3 is 2.63 bits per heavy atom. The van der Waals surface area contributed by atoms with Crippen molar-refractivity contribution in [1.29, 1.82) is 0 Å². The van der Waals surface area contributed by atoms with E-state index in [9.17, 15) is 4.79 Å². The van der Waals surface area contributed by atoms with Crippen molar-refractivity contribution in [3.05, 3.63) is 17.7 Å². The Bertz CT molecular complexity index is 530. The highest BCUT2D eigenvalue weighted by Gasteiger charge is 2.32. The summed E-state index contributed by atoms with van der Waals surface area (Å²) in [6.07, 6.45) is 1.04. The molecule has 5 heteroatoms. The Morgan fingerprint density at radius 1 is 1.32 bits per heavy atom. The molecule has 0 spiro atoms. The molecule has 102 valence electrons. The number of rotatable bonds is 1. The van der Waals surface area contributed by atoms with Crippen LogP contribution in [0.15, 0.2) is 12.1 Å². The summed E-state index contributed by atoms with van der Waals surface area (Å²) in [5, 5.41) is 0. The lowest BCUT2D eigenvalue weighted by atomic mass is 10.1. The molecule has 1 amide bonds. The van der Waals surface area contributed by atoms with Crippen LogP contribution in [0.4, 0.5) is 5.69 Å². The first kappa shape index (κ1) is 12.1. The van der Waals surface area contributed by atoms with E-state index in [-0.39, 0.29) is 18.7 Å². The van der Waals surface area contributed by atoms with Crippen molar-refractivity contribution in [2.24, 2.45) is 5.92 Å². The molecule has 2 N–H and O–H groups in total. The molecule has 3 rings (SSSR count). The van der Waals surface area contributed by atoms with Gasteiger partial charge in [-0.2, -0.15) is 0 Å². The number of nitrogen functional groups attached to an aromatic ring is 1. The third kappa shape index (κ3) is 1.99. The highest BCUT2D eigenvalue weighted by atomic mass is 16.7. The predicted molar refractivity (Wildman–Crippen MR) is 71.3 cm³/mol. The van der Waals surface area contributed by atoms with E-state index in [1.54, 1.807) is 12.1 Å². The second-order valence-electron chi connectivity index (χ2n) is 5.44. The maximum atomic E-state index is 12.6. The Labute approximate surface area is 112 Å². The van der Waals surface area contributed by atoms with Crippen LogP contribution in [0.5, 0.6) is 11.5 Å². The number of nitrogens with two attached hydrogens (primary N) is 1. The summed E-state index contributed by atoms with van der Waals surface area (Å²) >= 11 is 0. The van der Waals surface area contributed by atoms with Gasteiger partial charge < -0.3 is 20.1 Å². The molecule has 1 aromatic rings. The van der Waals surface area contributed by atoms with Gasteiger partial charge in [-0.15, -0.1) is 0 Å². The fourth-order valence-electron chi connectivity index (χ4n) is 2.88. The molecule has 2 unspecified atom stereocenters. The molecule has 2 atom stereocenters. The van der Waals surface area contributed by atoms with Crippen molar-refractivity contribution in [1.82, 2.24) is 4.90 Å². The molecule has 5 nitrogen and oxygen atoms in total. The van der Waals surface area contributed by atoms with Gasteiger partial charge in [0.25, 0.3) is 5.91 Å². The van der Waals surface area contributed by atoms with Gasteiger partial charge in [0.1, 0.15) is 0 Å². The van der Waals surface area contributed by atoms with Crippen LogP contribution in [0.1, 0.15) is 30.6 Å². The van der Waals surface area contributed by atoms with E-state index in [0.29, 0.717) is 28.7 Å². The quantitative estimate of drug-likeness (QED) is 0.785. The molecule has 2 aliphatic rings. The molecule has 19 heavy (non-hydrogen) atoms. The SMILES string of the molecule is CC1CC(C)N(C(=O)c2cc3c(cc2N)OCO3)C1. The van der Waals surface area contributed by atoms with Crippen molar-refractivity contribution >= 4 is 11.6 Å². The number of fused-ring (bicyclic) bond motifs is 1. The van der Waals surface area contributed by atoms with Gasteiger partial charge in [0.2, 0.25) is 6.79 Å². The first-order valence-electron chi connectivity index (χ1n) is 6.56. The third-order valence-corrected chi connectivity index (χ3v) is 3.82. The van der Waals surface area contributed by atoms with Crippen LogP contribution >= 0.6 is 0 Å². The number of carbonyl (C=O) groups excluding carboxylic acids is 1. The molecular weight excluding hydrogens is 244 g/mol. The van der Waals surface area contributed by atoms with Crippen LogP contribution < -0.4 is 15.2 Å². The minimum absolute atomic E-state index is 0.0207. The highest BCUT2D eigenvalue weighted by molar-refractivity contribution is 6.00. The maximum absolute atomic E-state index is 12.6. The monoisotopic (exact) mass is 262 g/mol. The Kier molecular flexibility index (Phi) is 2.77. The van der Waals surface area contributed by atoms with Crippen molar-refractivity contribution in [3.63, 3.8) is 0 Å². The zero-order chi connectivity index (χ0) is 13.6. The van der Waals surface area contributed by atoms with Crippen LogP contribution in [-0.4, -0.2) is 30.2 Å². The van der Waals surface area contributed by atoms with E-state index in [4.69, 9.17) is 15.2 Å².